The molecule has 0 spiro atoms. The minimum absolute atomic E-state index is 0.193. The van der Waals surface area contributed by atoms with Crippen LogP contribution < -0.4 is 5.32 Å². The summed E-state index contributed by atoms with van der Waals surface area (Å²) in [5, 5.41) is 11.7. The first-order valence-corrected chi connectivity index (χ1v) is 8.62. The van der Waals surface area contributed by atoms with Crippen molar-refractivity contribution in [2.24, 2.45) is 0 Å². The minimum atomic E-state index is -0.193. The molecule has 0 unspecified atom stereocenters. The number of fused-ring (bicyclic) bond motifs is 1. The SMILES string of the molecule is O=C(NCc1cccc2ncnn12)c1csc(-c2cccs2)n1. The zero-order valence-electron chi connectivity index (χ0n) is 11.8. The van der Waals surface area contributed by atoms with Gasteiger partial charge in [0, 0.05) is 5.38 Å². The molecule has 0 fully saturated rings. The molecule has 23 heavy (non-hydrogen) atoms. The van der Waals surface area contributed by atoms with Crippen LogP contribution in [0.5, 0.6) is 0 Å². The van der Waals surface area contributed by atoms with Gasteiger partial charge in [0.25, 0.3) is 5.91 Å². The van der Waals surface area contributed by atoms with Crippen LogP contribution in [-0.4, -0.2) is 25.5 Å². The topological polar surface area (TPSA) is 72.2 Å². The summed E-state index contributed by atoms with van der Waals surface area (Å²) in [5.41, 5.74) is 2.05. The van der Waals surface area contributed by atoms with E-state index in [4.69, 9.17) is 0 Å². The van der Waals surface area contributed by atoms with E-state index in [1.807, 2.05) is 35.7 Å². The monoisotopic (exact) mass is 341 g/mol. The number of aromatic nitrogens is 4. The van der Waals surface area contributed by atoms with Crippen molar-refractivity contribution >= 4 is 34.2 Å². The molecule has 114 valence electrons. The molecule has 1 N–H and O–H groups in total. The number of hydrogen-bond donors (Lipinski definition) is 1. The highest BCUT2D eigenvalue weighted by Crippen LogP contribution is 2.27. The Bertz CT molecular complexity index is 957. The molecule has 0 aliphatic carbocycles. The predicted molar refractivity (Wildman–Crippen MR) is 89.6 cm³/mol. The van der Waals surface area contributed by atoms with Gasteiger partial charge in [-0.25, -0.2) is 14.5 Å². The van der Waals surface area contributed by atoms with E-state index in [2.05, 4.69) is 20.4 Å². The third-order valence-electron chi connectivity index (χ3n) is 3.28. The first kappa shape index (κ1) is 14.0. The van der Waals surface area contributed by atoms with Gasteiger partial charge in [0.1, 0.15) is 17.0 Å². The molecule has 0 saturated carbocycles. The second-order valence-corrected chi connectivity index (χ2v) is 6.55. The Hall–Kier alpha value is -2.58. The zero-order valence-corrected chi connectivity index (χ0v) is 13.5. The van der Waals surface area contributed by atoms with Crippen LogP contribution in [0.1, 0.15) is 16.2 Å². The molecule has 4 aromatic heterocycles. The molecule has 0 aromatic carbocycles. The Labute approximate surface area is 139 Å². The fraction of sp³-hybridized carbons (Fsp3) is 0.0667. The predicted octanol–water partition coefficient (Wildman–Crippen LogP) is 2.84. The normalized spacial score (nSPS) is 11.0. The van der Waals surface area contributed by atoms with Crippen molar-refractivity contribution in [2.45, 2.75) is 6.54 Å². The summed E-state index contributed by atoms with van der Waals surface area (Å²) in [5.74, 6) is -0.193. The Morgan fingerprint density at radius 2 is 2.17 bits per heavy atom. The van der Waals surface area contributed by atoms with Crippen molar-refractivity contribution in [3.63, 3.8) is 0 Å². The van der Waals surface area contributed by atoms with Crippen molar-refractivity contribution < 1.29 is 4.79 Å². The van der Waals surface area contributed by atoms with E-state index in [-0.39, 0.29) is 5.91 Å². The van der Waals surface area contributed by atoms with E-state index in [0.717, 1.165) is 21.2 Å². The average Bonchev–Trinajstić information content (AvgIpc) is 3.32. The molecule has 1 amide bonds. The highest BCUT2D eigenvalue weighted by Gasteiger charge is 2.13. The molecule has 0 aliphatic rings. The summed E-state index contributed by atoms with van der Waals surface area (Å²) in [7, 11) is 0. The Balaban J connectivity index is 1.49. The van der Waals surface area contributed by atoms with Gasteiger partial charge in [-0.3, -0.25) is 4.79 Å². The summed E-state index contributed by atoms with van der Waals surface area (Å²) >= 11 is 3.08. The Morgan fingerprint density at radius 1 is 1.22 bits per heavy atom. The number of rotatable bonds is 4. The molecule has 4 aromatic rings. The van der Waals surface area contributed by atoms with Gasteiger partial charge < -0.3 is 5.32 Å². The lowest BCUT2D eigenvalue weighted by Gasteiger charge is -2.05. The van der Waals surface area contributed by atoms with Gasteiger partial charge in [-0.15, -0.1) is 22.7 Å². The highest BCUT2D eigenvalue weighted by molar-refractivity contribution is 7.20. The molecule has 4 heterocycles. The van der Waals surface area contributed by atoms with Crippen LogP contribution in [0, 0.1) is 0 Å². The van der Waals surface area contributed by atoms with Crippen molar-refractivity contribution in [3.8, 4) is 9.88 Å². The first-order chi connectivity index (χ1) is 11.3. The molecule has 0 saturated heterocycles. The van der Waals surface area contributed by atoms with Crippen LogP contribution in [0.3, 0.4) is 0 Å². The van der Waals surface area contributed by atoms with Gasteiger partial charge >= 0.3 is 0 Å². The van der Waals surface area contributed by atoms with E-state index < -0.39 is 0 Å². The first-order valence-electron chi connectivity index (χ1n) is 6.86. The highest BCUT2D eigenvalue weighted by atomic mass is 32.1. The second kappa shape index (κ2) is 5.90. The zero-order chi connectivity index (χ0) is 15.6. The van der Waals surface area contributed by atoms with Gasteiger partial charge in [0.2, 0.25) is 0 Å². The van der Waals surface area contributed by atoms with Crippen LogP contribution in [0.2, 0.25) is 0 Å². The van der Waals surface area contributed by atoms with Gasteiger partial charge in [0.15, 0.2) is 5.65 Å². The van der Waals surface area contributed by atoms with E-state index in [9.17, 15) is 4.79 Å². The van der Waals surface area contributed by atoms with Crippen molar-refractivity contribution in [2.75, 3.05) is 0 Å². The van der Waals surface area contributed by atoms with Gasteiger partial charge in [-0.1, -0.05) is 12.1 Å². The number of nitrogens with one attached hydrogen (secondary N) is 1. The number of carbonyl (C=O) groups is 1. The van der Waals surface area contributed by atoms with Crippen LogP contribution in [0.25, 0.3) is 15.5 Å². The smallest absolute Gasteiger partial charge is 0.271 e. The van der Waals surface area contributed by atoms with Crippen LogP contribution in [0.15, 0.2) is 47.4 Å². The quantitative estimate of drug-likeness (QED) is 0.619. The maximum Gasteiger partial charge on any atom is 0.271 e. The number of amides is 1. The lowest BCUT2D eigenvalue weighted by Crippen LogP contribution is -2.24. The minimum Gasteiger partial charge on any atom is -0.345 e. The number of nitrogens with zero attached hydrogens (tertiary/aromatic N) is 4. The third kappa shape index (κ3) is 2.73. The summed E-state index contributed by atoms with van der Waals surface area (Å²) < 4.78 is 1.71. The fourth-order valence-corrected chi connectivity index (χ4v) is 3.80. The van der Waals surface area contributed by atoms with E-state index in [0.29, 0.717) is 12.2 Å². The Morgan fingerprint density at radius 3 is 3.04 bits per heavy atom. The van der Waals surface area contributed by atoms with Crippen molar-refractivity contribution in [3.05, 3.63) is 58.8 Å². The largest absolute Gasteiger partial charge is 0.345 e. The van der Waals surface area contributed by atoms with Gasteiger partial charge in [-0.2, -0.15) is 5.10 Å². The summed E-state index contributed by atoms with van der Waals surface area (Å²) in [6, 6.07) is 9.63. The second-order valence-electron chi connectivity index (χ2n) is 4.75. The lowest BCUT2D eigenvalue weighted by molar-refractivity contribution is 0.0946. The summed E-state index contributed by atoms with van der Waals surface area (Å²) in [4.78, 5) is 21.9. The van der Waals surface area contributed by atoms with Crippen molar-refractivity contribution in [1.29, 1.82) is 0 Å². The summed E-state index contributed by atoms with van der Waals surface area (Å²) in [6.45, 7) is 0.366. The molecule has 0 atom stereocenters. The average molecular weight is 341 g/mol. The summed E-state index contributed by atoms with van der Waals surface area (Å²) in [6.07, 6.45) is 1.49. The number of thiophene rings is 1. The molecular weight excluding hydrogens is 330 g/mol. The number of hydrogen-bond acceptors (Lipinski definition) is 6. The molecule has 0 bridgehead atoms. The van der Waals surface area contributed by atoms with Crippen molar-refractivity contribution in [1.82, 2.24) is 24.9 Å². The maximum atomic E-state index is 12.3. The molecule has 4 rings (SSSR count). The van der Waals surface area contributed by atoms with Crippen LogP contribution in [0.4, 0.5) is 0 Å². The van der Waals surface area contributed by atoms with Gasteiger partial charge in [0.05, 0.1) is 17.1 Å². The Kier molecular flexibility index (Phi) is 3.60. The van der Waals surface area contributed by atoms with E-state index in [1.165, 1.54) is 17.7 Å². The number of thiazole rings is 1. The van der Waals surface area contributed by atoms with Crippen LogP contribution >= 0.6 is 22.7 Å². The lowest BCUT2D eigenvalue weighted by atomic mass is 10.3. The van der Waals surface area contributed by atoms with E-state index in [1.54, 1.807) is 21.2 Å². The molecule has 6 nitrogen and oxygen atoms in total. The fourth-order valence-electron chi connectivity index (χ4n) is 2.19. The van der Waals surface area contributed by atoms with E-state index >= 15 is 0 Å². The number of carbonyl (C=O) groups excluding carboxylic acids is 1. The molecule has 8 heteroatoms. The number of pyridine rings is 1. The molecule has 0 radical (unpaired) electrons. The third-order valence-corrected chi connectivity index (χ3v) is 5.16. The molecular formula is C15H11N5OS2. The molecule has 0 aliphatic heterocycles. The van der Waals surface area contributed by atoms with Gasteiger partial charge in [-0.05, 0) is 23.6 Å². The standard InChI is InChI=1S/C15H11N5OS2/c21-14(11-8-23-15(19-11)12-4-2-6-22-12)16-7-10-3-1-5-13-17-9-18-20(10)13/h1-6,8-9H,7H2,(H,16,21). The van der Waals surface area contributed by atoms with Crippen LogP contribution in [-0.2, 0) is 6.54 Å². The maximum absolute atomic E-state index is 12.3.